The van der Waals surface area contributed by atoms with Crippen LogP contribution in [-0.2, 0) is 11.8 Å². The van der Waals surface area contributed by atoms with Crippen molar-refractivity contribution in [2.24, 2.45) is 5.10 Å². The zero-order valence-electron chi connectivity index (χ0n) is 15.5. The standard InChI is InChI=1S/C22H21N5O/c28-20-18-19(25-21(26-20)27-24-14-15-7-11-23-12-8-15)17-6-2-1-5-16(17)13-22(18)9-3-4-10-22/h1-2,5-8,11-12,14H,3-4,9-10,13H2,(H2,25,26,27,28). The molecule has 3 aromatic rings. The second kappa shape index (κ2) is 6.71. The van der Waals surface area contributed by atoms with Gasteiger partial charge in [0.05, 0.1) is 17.5 Å². The highest BCUT2D eigenvalue weighted by Crippen LogP contribution is 2.49. The van der Waals surface area contributed by atoms with Gasteiger partial charge in [-0.05, 0) is 42.5 Å². The molecule has 140 valence electrons. The van der Waals surface area contributed by atoms with Crippen molar-refractivity contribution in [1.82, 2.24) is 15.0 Å². The number of H-pyrrole nitrogens is 1. The minimum atomic E-state index is -0.0803. The zero-order chi connectivity index (χ0) is 19.0. The summed E-state index contributed by atoms with van der Waals surface area (Å²) in [6.45, 7) is 0. The second-order valence-electron chi connectivity index (χ2n) is 7.61. The fourth-order valence-corrected chi connectivity index (χ4v) is 4.67. The number of rotatable bonds is 3. The monoisotopic (exact) mass is 371 g/mol. The number of anilines is 1. The Morgan fingerprint density at radius 3 is 2.71 bits per heavy atom. The third kappa shape index (κ3) is 2.81. The van der Waals surface area contributed by atoms with Gasteiger partial charge in [0.25, 0.3) is 5.56 Å². The Hall–Kier alpha value is -3.28. The van der Waals surface area contributed by atoms with Crippen molar-refractivity contribution in [1.29, 1.82) is 0 Å². The summed E-state index contributed by atoms with van der Waals surface area (Å²) in [5, 5.41) is 4.21. The van der Waals surface area contributed by atoms with Crippen molar-refractivity contribution >= 4 is 12.2 Å². The Bertz CT molecular complexity index is 1100. The van der Waals surface area contributed by atoms with E-state index in [0.717, 1.165) is 54.5 Å². The third-order valence-corrected chi connectivity index (χ3v) is 5.90. The lowest BCUT2D eigenvalue weighted by Crippen LogP contribution is -2.37. The molecule has 5 rings (SSSR count). The molecule has 2 aliphatic rings. The second-order valence-corrected chi connectivity index (χ2v) is 7.61. The van der Waals surface area contributed by atoms with E-state index < -0.39 is 0 Å². The molecular formula is C22H21N5O. The number of fused-ring (bicyclic) bond motifs is 4. The van der Waals surface area contributed by atoms with Gasteiger partial charge < -0.3 is 0 Å². The van der Waals surface area contributed by atoms with Crippen molar-refractivity contribution in [2.45, 2.75) is 37.5 Å². The van der Waals surface area contributed by atoms with Gasteiger partial charge in [-0.1, -0.05) is 37.1 Å². The number of hydrazone groups is 1. The van der Waals surface area contributed by atoms with E-state index in [-0.39, 0.29) is 11.0 Å². The molecule has 6 heteroatoms. The summed E-state index contributed by atoms with van der Waals surface area (Å²) in [6, 6.07) is 12.0. The largest absolute Gasteiger partial charge is 0.291 e. The minimum absolute atomic E-state index is 0.0528. The molecule has 1 fully saturated rings. The topological polar surface area (TPSA) is 83.0 Å². The fourth-order valence-electron chi connectivity index (χ4n) is 4.67. The molecule has 1 spiro atoms. The van der Waals surface area contributed by atoms with Crippen LogP contribution in [0.15, 0.2) is 58.7 Å². The summed E-state index contributed by atoms with van der Waals surface area (Å²) in [5.74, 6) is 0.360. The first-order valence-corrected chi connectivity index (χ1v) is 9.67. The molecule has 1 aromatic carbocycles. The molecule has 1 saturated carbocycles. The van der Waals surface area contributed by atoms with Gasteiger partial charge in [0.15, 0.2) is 0 Å². The normalized spacial score (nSPS) is 16.9. The minimum Gasteiger partial charge on any atom is -0.291 e. The average Bonchev–Trinajstić information content (AvgIpc) is 3.17. The van der Waals surface area contributed by atoms with E-state index in [1.165, 1.54) is 5.56 Å². The van der Waals surface area contributed by atoms with Crippen LogP contribution < -0.4 is 11.0 Å². The summed E-state index contributed by atoms with van der Waals surface area (Å²) in [7, 11) is 0. The first-order chi connectivity index (χ1) is 13.8. The van der Waals surface area contributed by atoms with E-state index in [9.17, 15) is 4.79 Å². The SMILES string of the molecule is O=c1[nH]c(NN=Cc2ccncc2)nc2c1C1(CCCC1)Cc1ccccc1-2. The Labute approximate surface area is 162 Å². The Balaban J connectivity index is 1.56. The van der Waals surface area contributed by atoms with Crippen LogP contribution in [0.2, 0.25) is 0 Å². The van der Waals surface area contributed by atoms with Crippen LogP contribution in [0, 0.1) is 0 Å². The molecule has 0 saturated heterocycles. The molecule has 6 nitrogen and oxygen atoms in total. The molecule has 2 heterocycles. The summed E-state index contributed by atoms with van der Waals surface area (Å²) < 4.78 is 0. The molecule has 2 aromatic heterocycles. The van der Waals surface area contributed by atoms with E-state index in [1.54, 1.807) is 18.6 Å². The molecule has 0 radical (unpaired) electrons. The Kier molecular flexibility index (Phi) is 4.04. The Morgan fingerprint density at radius 1 is 1.11 bits per heavy atom. The van der Waals surface area contributed by atoms with Crippen LogP contribution >= 0.6 is 0 Å². The first kappa shape index (κ1) is 16.9. The van der Waals surface area contributed by atoms with Crippen LogP contribution in [0.1, 0.15) is 42.4 Å². The van der Waals surface area contributed by atoms with Crippen LogP contribution in [-0.4, -0.2) is 21.2 Å². The maximum Gasteiger partial charge on any atom is 0.256 e. The van der Waals surface area contributed by atoms with E-state index in [4.69, 9.17) is 4.98 Å². The van der Waals surface area contributed by atoms with E-state index in [1.807, 2.05) is 18.2 Å². The van der Waals surface area contributed by atoms with Crippen LogP contribution in [0.4, 0.5) is 5.95 Å². The van der Waals surface area contributed by atoms with Gasteiger partial charge in [0.2, 0.25) is 5.95 Å². The van der Waals surface area contributed by atoms with E-state index in [0.29, 0.717) is 5.95 Å². The molecule has 0 unspecified atom stereocenters. The molecule has 2 aliphatic carbocycles. The summed E-state index contributed by atoms with van der Waals surface area (Å²) >= 11 is 0. The lowest BCUT2D eigenvalue weighted by Gasteiger charge is -2.35. The highest BCUT2D eigenvalue weighted by molar-refractivity contribution is 5.79. The number of benzene rings is 1. The molecule has 2 N–H and O–H groups in total. The number of pyridine rings is 1. The fraction of sp³-hybridized carbons (Fsp3) is 0.273. The average molecular weight is 371 g/mol. The molecule has 0 bridgehead atoms. The van der Waals surface area contributed by atoms with Gasteiger partial charge in [-0.3, -0.25) is 14.8 Å². The lowest BCUT2D eigenvalue weighted by molar-refractivity contribution is 0.427. The summed E-state index contributed by atoms with van der Waals surface area (Å²) in [4.78, 5) is 24.8. The third-order valence-electron chi connectivity index (χ3n) is 5.90. The summed E-state index contributed by atoms with van der Waals surface area (Å²) in [5.41, 5.74) is 7.65. The van der Waals surface area contributed by atoms with Gasteiger partial charge in [0, 0.05) is 23.4 Å². The number of nitrogens with zero attached hydrogens (tertiary/aromatic N) is 3. The maximum atomic E-state index is 13.1. The predicted molar refractivity (Wildman–Crippen MR) is 110 cm³/mol. The van der Waals surface area contributed by atoms with Crippen LogP contribution in [0.5, 0.6) is 0 Å². The van der Waals surface area contributed by atoms with Gasteiger partial charge in [-0.15, -0.1) is 0 Å². The number of aromatic nitrogens is 3. The van der Waals surface area contributed by atoms with Crippen molar-refractivity contribution in [2.75, 3.05) is 5.43 Å². The lowest BCUT2D eigenvalue weighted by atomic mass is 9.68. The number of aromatic amines is 1. The molecular weight excluding hydrogens is 350 g/mol. The quantitative estimate of drug-likeness (QED) is 0.544. The molecule has 28 heavy (non-hydrogen) atoms. The van der Waals surface area contributed by atoms with E-state index >= 15 is 0 Å². The van der Waals surface area contributed by atoms with Crippen molar-refractivity contribution in [3.63, 3.8) is 0 Å². The number of hydrogen-bond acceptors (Lipinski definition) is 5. The number of hydrogen-bond donors (Lipinski definition) is 2. The number of nitrogens with one attached hydrogen (secondary N) is 2. The van der Waals surface area contributed by atoms with Gasteiger partial charge in [-0.2, -0.15) is 5.10 Å². The zero-order valence-corrected chi connectivity index (χ0v) is 15.5. The van der Waals surface area contributed by atoms with Gasteiger partial charge in [-0.25, -0.2) is 10.4 Å². The first-order valence-electron chi connectivity index (χ1n) is 9.67. The van der Waals surface area contributed by atoms with Crippen molar-refractivity contribution < 1.29 is 0 Å². The van der Waals surface area contributed by atoms with E-state index in [2.05, 4.69) is 38.7 Å². The summed E-state index contributed by atoms with van der Waals surface area (Å²) in [6.07, 6.45) is 10.4. The molecule has 0 amide bonds. The van der Waals surface area contributed by atoms with Crippen molar-refractivity contribution in [3.8, 4) is 11.3 Å². The van der Waals surface area contributed by atoms with Gasteiger partial charge >= 0.3 is 0 Å². The van der Waals surface area contributed by atoms with Gasteiger partial charge in [0.1, 0.15) is 0 Å². The highest BCUT2D eigenvalue weighted by atomic mass is 16.1. The Morgan fingerprint density at radius 2 is 1.89 bits per heavy atom. The van der Waals surface area contributed by atoms with Crippen LogP contribution in [0.25, 0.3) is 11.3 Å². The maximum absolute atomic E-state index is 13.1. The molecule has 0 atom stereocenters. The highest BCUT2D eigenvalue weighted by Gasteiger charge is 2.43. The van der Waals surface area contributed by atoms with Crippen molar-refractivity contribution in [3.05, 3.63) is 75.8 Å². The smallest absolute Gasteiger partial charge is 0.256 e. The molecule has 0 aliphatic heterocycles. The predicted octanol–water partition coefficient (Wildman–Crippen LogP) is 3.65. The van der Waals surface area contributed by atoms with Crippen LogP contribution in [0.3, 0.4) is 0 Å².